The van der Waals surface area contributed by atoms with Crippen LogP contribution in [0.2, 0.25) is 0 Å². The van der Waals surface area contributed by atoms with Gasteiger partial charge in [0.15, 0.2) is 0 Å². The van der Waals surface area contributed by atoms with Crippen LogP contribution in [0.15, 0.2) is 30.5 Å². The molecule has 0 aliphatic carbocycles. The SMILES string of the molecule is Cc1ccc(Nc2ncc(N)cc2C#N)cc1C(F)(F)F. The fourth-order valence-corrected chi connectivity index (χ4v) is 1.81. The summed E-state index contributed by atoms with van der Waals surface area (Å²) in [4.78, 5) is 3.92. The number of anilines is 3. The maximum absolute atomic E-state index is 12.9. The van der Waals surface area contributed by atoms with Crippen LogP contribution >= 0.6 is 0 Å². The molecule has 4 nitrogen and oxygen atoms in total. The van der Waals surface area contributed by atoms with E-state index in [4.69, 9.17) is 11.0 Å². The van der Waals surface area contributed by atoms with Gasteiger partial charge in [0, 0.05) is 5.69 Å². The van der Waals surface area contributed by atoms with Gasteiger partial charge in [0.2, 0.25) is 0 Å². The van der Waals surface area contributed by atoms with Gasteiger partial charge >= 0.3 is 6.18 Å². The first kappa shape index (κ1) is 14.7. The summed E-state index contributed by atoms with van der Waals surface area (Å²) in [6, 6.07) is 7.11. The predicted octanol–water partition coefficient (Wildman–Crippen LogP) is 3.61. The van der Waals surface area contributed by atoms with Crippen molar-refractivity contribution in [2.75, 3.05) is 11.1 Å². The lowest BCUT2D eigenvalue weighted by Crippen LogP contribution is -2.08. The second-order valence-corrected chi connectivity index (χ2v) is 4.43. The molecule has 0 fully saturated rings. The van der Waals surface area contributed by atoms with Crippen LogP contribution in [0.4, 0.5) is 30.4 Å². The lowest BCUT2D eigenvalue weighted by atomic mass is 10.1. The van der Waals surface area contributed by atoms with Crippen molar-refractivity contribution in [3.05, 3.63) is 47.2 Å². The van der Waals surface area contributed by atoms with Crippen LogP contribution in [0.1, 0.15) is 16.7 Å². The number of aromatic nitrogens is 1. The highest BCUT2D eigenvalue weighted by Gasteiger charge is 2.32. The van der Waals surface area contributed by atoms with Gasteiger partial charge in [-0.05, 0) is 30.7 Å². The highest BCUT2D eigenvalue weighted by atomic mass is 19.4. The second kappa shape index (κ2) is 5.32. The number of hydrogen-bond acceptors (Lipinski definition) is 4. The number of halogens is 3. The Labute approximate surface area is 119 Å². The number of nitrogens with zero attached hydrogens (tertiary/aromatic N) is 2. The number of nitrogen functional groups attached to an aromatic ring is 1. The first-order valence-electron chi connectivity index (χ1n) is 5.92. The summed E-state index contributed by atoms with van der Waals surface area (Å²) in [6.07, 6.45) is -3.11. The van der Waals surface area contributed by atoms with Crippen LogP contribution in [-0.4, -0.2) is 4.98 Å². The van der Waals surface area contributed by atoms with E-state index in [1.807, 2.05) is 6.07 Å². The fourth-order valence-electron chi connectivity index (χ4n) is 1.81. The number of nitrogens with one attached hydrogen (secondary N) is 1. The third-order valence-corrected chi connectivity index (χ3v) is 2.84. The van der Waals surface area contributed by atoms with Gasteiger partial charge in [-0.15, -0.1) is 0 Å². The topological polar surface area (TPSA) is 74.7 Å². The summed E-state index contributed by atoms with van der Waals surface area (Å²) in [5, 5.41) is 11.7. The first-order valence-corrected chi connectivity index (χ1v) is 5.92. The summed E-state index contributed by atoms with van der Waals surface area (Å²) in [5.74, 6) is 0.156. The summed E-state index contributed by atoms with van der Waals surface area (Å²) in [6.45, 7) is 1.38. The zero-order valence-electron chi connectivity index (χ0n) is 11.0. The van der Waals surface area contributed by atoms with Crippen LogP contribution in [0.3, 0.4) is 0 Å². The zero-order valence-corrected chi connectivity index (χ0v) is 11.0. The molecule has 1 aromatic carbocycles. The minimum Gasteiger partial charge on any atom is -0.397 e. The lowest BCUT2D eigenvalue weighted by Gasteiger charge is -2.13. The van der Waals surface area contributed by atoms with Gasteiger partial charge < -0.3 is 11.1 Å². The van der Waals surface area contributed by atoms with Gasteiger partial charge in [-0.25, -0.2) is 4.98 Å². The number of benzene rings is 1. The maximum Gasteiger partial charge on any atom is 0.416 e. The lowest BCUT2D eigenvalue weighted by molar-refractivity contribution is -0.138. The highest BCUT2D eigenvalue weighted by molar-refractivity contribution is 5.65. The number of alkyl halides is 3. The van der Waals surface area contributed by atoms with E-state index >= 15 is 0 Å². The summed E-state index contributed by atoms with van der Waals surface area (Å²) in [7, 11) is 0. The van der Waals surface area contributed by atoms with E-state index in [2.05, 4.69) is 10.3 Å². The van der Waals surface area contributed by atoms with Gasteiger partial charge in [0.1, 0.15) is 11.9 Å². The highest BCUT2D eigenvalue weighted by Crippen LogP contribution is 2.34. The fraction of sp³-hybridized carbons (Fsp3) is 0.143. The first-order chi connectivity index (χ1) is 9.81. The molecule has 0 amide bonds. The number of pyridine rings is 1. The zero-order chi connectivity index (χ0) is 15.6. The van der Waals surface area contributed by atoms with E-state index in [0.717, 1.165) is 6.07 Å². The number of nitriles is 1. The summed E-state index contributed by atoms with van der Waals surface area (Å²) < 4.78 is 38.6. The largest absolute Gasteiger partial charge is 0.416 e. The average molecular weight is 292 g/mol. The van der Waals surface area contributed by atoms with Crippen LogP contribution in [0.5, 0.6) is 0 Å². The van der Waals surface area contributed by atoms with Crippen LogP contribution < -0.4 is 11.1 Å². The van der Waals surface area contributed by atoms with Gasteiger partial charge in [-0.3, -0.25) is 0 Å². The molecular weight excluding hydrogens is 281 g/mol. The van der Waals surface area contributed by atoms with Crippen molar-refractivity contribution in [2.24, 2.45) is 0 Å². The molecule has 108 valence electrons. The molecule has 0 saturated carbocycles. The van der Waals surface area contributed by atoms with Gasteiger partial charge in [0.05, 0.1) is 23.0 Å². The quantitative estimate of drug-likeness (QED) is 0.886. The molecule has 0 spiro atoms. The standard InChI is InChI=1S/C14H11F3N4/c1-8-2-3-11(5-12(8)14(15,16)17)21-13-9(6-18)4-10(19)7-20-13/h2-5,7H,19H2,1H3,(H,20,21). The van der Waals surface area contributed by atoms with E-state index in [0.29, 0.717) is 5.69 Å². The Hall–Kier alpha value is -2.75. The Morgan fingerprint density at radius 1 is 1.29 bits per heavy atom. The van der Waals surface area contributed by atoms with Gasteiger partial charge in [-0.1, -0.05) is 6.07 Å². The molecule has 21 heavy (non-hydrogen) atoms. The van der Waals surface area contributed by atoms with Crippen molar-refractivity contribution in [2.45, 2.75) is 13.1 Å². The smallest absolute Gasteiger partial charge is 0.397 e. The van der Waals surface area contributed by atoms with Gasteiger partial charge in [-0.2, -0.15) is 18.4 Å². The summed E-state index contributed by atoms with van der Waals surface area (Å²) in [5.41, 5.74) is 5.55. The molecule has 2 aromatic rings. The normalized spacial score (nSPS) is 11.0. The number of nitrogens with two attached hydrogens (primary N) is 1. The molecule has 0 bridgehead atoms. The van der Waals surface area contributed by atoms with E-state index < -0.39 is 11.7 Å². The number of aryl methyl sites for hydroxylation is 1. The van der Waals surface area contributed by atoms with E-state index in [9.17, 15) is 13.2 Å². The Kier molecular flexibility index (Phi) is 3.72. The molecular formula is C14H11F3N4. The van der Waals surface area contributed by atoms with Crippen molar-refractivity contribution in [3.63, 3.8) is 0 Å². The van der Waals surface area contributed by atoms with Crippen molar-refractivity contribution < 1.29 is 13.2 Å². The van der Waals surface area contributed by atoms with Crippen LogP contribution in [0.25, 0.3) is 0 Å². The van der Waals surface area contributed by atoms with E-state index in [-0.39, 0.29) is 22.6 Å². The number of hydrogen-bond donors (Lipinski definition) is 2. The van der Waals surface area contributed by atoms with Crippen molar-refractivity contribution in [3.8, 4) is 6.07 Å². The summed E-state index contributed by atoms with van der Waals surface area (Å²) >= 11 is 0. The molecule has 7 heteroatoms. The molecule has 1 heterocycles. The number of rotatable bonds is 2. The minimum atomic E-state index is -4.44. The third kappa shape index (κ3) is 3.23. The molecule has 3 N–H and O–H groups in total. The maximum atomic E-state index is 12.9. The van der Waals surface area contributed by atoms with Crippen molar-refractivity contribution >= 4 is 17.2 Å². The molecule has 0 aliphatic heterocycles. The van der Waals surface area contributed by atoms with Gasteiger partial charge in [0.25, 0.3) is 0 Å². The Morgan fingerprint density at radius 3 is 2.62 bits per heavy atom. The minimum absolute atomic E-state index is 0.124. The Balaban J connectivity index is 2.40. The van der Waals surface area contributed by atoms with Crippen molar-refractivity contribution in [1.29, 1.82) is 5.26 Å². The molecule has 0 saturated heterocycles. The molecule has 0 aliphatic rings. The molecule has 1 aromatic heterocycles. The average Bonchev–Trinajstić information content (AvgIpc) is 2.41. The van der Waals surface area contributed by atoms with E-state index in [1.54, 1.807) is 0 Å². The second-order valence-electron chi connectivity index (χ2n) is 4.43. The molecule has 2 rings (SSSR count). The van der Waals surface area contributed by atoms with Crippen LogP contribution in [-0.2, 0) is 6.18 Å². The molecule has 0 unspecified atom stereocenters. The Bertz CT molecular complexity index is 717. The molecule has 0 atom stereocenters. The third-order valence-electron chi connectivity index (χ3n) is 2.84. The van der Waals surface area contributed by atoms with Crippen molar-refractivity contribution in [1.82, 2.24) is 4.98 Å². The monoisotopic (exact) mass is 292 g/mol. The van der Waals surface area contributed by atoms with E-state index in [1.165, 1.54) is 31.3 Å². The predicted molar refractivity (Wildman–Crippen MR) is 72.8 cm³/mol. The molecule has 0 radical (unpaired) electrons. The van der Waals surface area contributed by atoms with Crippen LogP contribution in [0, 0.1) is 18.3 Å². The Morgan fingerprint density at radius 2 is 2.00 bits per heavy atom.